The van der Waals surface area contributed by atoms with Crippen LogP contribution < -0.4 is 5.32 Å². The maximum absolute atomic E-state index is 3.56. The molecule has 19 heavy (non-hydrogen) atoms. The van der Waals surface area contributed by atoms with E-state index < -0.39 is 0 Å². The Bertz CT molecular complexity index is 526. The molecular weight excluding hydrogens is 386 g/mol. The topological polar surface area (TPSA) is 12.0 Å². The fraction of sp³-hybridized carbons (Fsp3) is 0.333. The first kappa shape index (κ1) is 15.2. The molecule has 0 saturated heterocycles. The maximum Gasteiger partial charge on any atom is 0.0843 e. The summed E-state index contributed by atoms with van der Waals surface area (Å²) in [5, 5.41) is 3.39. The summed E-state index contributed by atoms with van der Waals surface area (Å²) in [7, 11) is 2.00. The van der Waals surface area contributed by atoms with E-state index in [1.54, 1.807) is 11.3 Å². The second kappa shape index (κ2) is 6.53. The molecule has 0 spiro atoms. The predicted molar refractivity (Wildman–Crippen MR) is 91.2 cm³/mol. The van der Waals surface area contributed by atoms with Crippen LogP contribution in [-0.4, -0.2) is 7.05 Å². The molecule has 102 valence electrons. The highest BCUT2D eigenvalue weighted by atomic mass is 79.9. The number of rotatable bonds is 4. The monoisotopic (exact) mass is 401 g/mol. The van der Waals surface area contributed by atoms with Gasteiger partial charge in [-0.25, -0.2) is 0 Å². The van der Waals surface area contributed by atoms with E-state index >= 15 is 0 Å². The zero-order valence-corrected chi connectivity index (χ0v) is 15.2. The predicted octanol–water partition coefficient (Wildman–Crippen LogP) is 5.71. The molecule has 4 heteroatoms. The van der Waals surface area contributed by atoms with Crippen molar-refractivity contribution in [3.05, 3.63) is 54.6 Å². The van der Waals surface area contributed by atoms with E-state index in [0.717, 1.165) is 8.26 Å². The highest BCUT2D eigenvalue weighted by Crippen LogP contribution is 2.37. The highest BCUT2D eigenvalue weighted by molar-refractivity contribution is 9.13. The normalized spacial score (nSPS) is 12.9. The van der Waals surface area contributed by atoms with Crippen molar-refractivity contribution < 1.29 is 0 Å². The van der Waals surface area contributed by atoms with E-state index in [0.29, 0.717) is 5.92 Å². The molecule has 1 aromatic heterocycles. The van der Waals surface area contributed by atoms with Gasteiger partial charge in [0.2, 0.25) is 0 Å². The average Bonchev–Trinajstić information content (AvgIpc) is 2.71. The Morgan fingerprint density at radius 2 is 1.63 bits per heavy atom. The molecule has 0 fully saturated rings. The van der Waals surface area contributed by atoms with Gasteiger partial charge in [-0.2, -0.15) is 0 Å². The lowest BCUT2D eigenvalue weighted by molar-refractivity contribution is 0.702. The Labute approximate surface area is 135 Å². The van der Waals surface area contributed by atoms with Gasteiger partial charge in [-0.15, -0.1) is 11.3 Å². The first-order valence-corrected chi connectivity index (χ1v) is 8.65. The molecule has 1 aromatic carbocycles. The van der Waals surface area contributed by atoms with Crippen molar-refractivity contribution in [3.8, 4) is 0 Å². The molecule has 0 saturated carbocycles. The van der Waals surface area contributed by atoms with E-state index in [1.165, 1.54) is 16.0 Å². The second-order valence-electron chi connectivity index (χ2n) is 4.81. The summed E-state index contributed by atoms with van der Waals surface area (Å²) >= 11 is 8.87. The van der Waals surface area contributed by atoms with E-state index in [9.17, 15) is 0 Å². The molecule has 2 rings (SSSR count). The molecule has 0 bridgehead atoms. The lowest BCUT2D eigenvalue weighted by Crippen LogP contribution is -2.16. The van der Waals surface area contributed by atoms with Crippen LogP contribution in [0.4, 0.5) is 0 Å². The summed E-state index contributed by atoms with van der Waals surface area (Å²) in [6.45, 7) is 4.44. The summed E-state index contributed by atoms with van der Waals surface area (Å²) in [6, 6.07) is 11.3. The standard InChI is InChI=1S/C15H17Br2NS/c1-9(2)10-4-6-11(7-5-10)14(18-3)13-8-12(16)15(17)19-13/h4-9,14,18H,1-3H3. The van der Waals surface area contributed by atoms with Gasteiger partial charge in [-0.1, -0.05) is 38.1 Å². The fourth-order valence-corrected chi connectivity index (χ4v) is 4.28. The summed E-state index contributed by atoms with van der Waals surface area (Å²) in [5.41, 5.74) is 2.68. The summed E-state index contributed by atoms with van der Waals surface area (Å²) in [4.78, 5) is 1.30. The van der Waals surface area contributed by atoms with E-state index in [4.69, 9.17) is 0 Å². The first-order chi connectivity index (χ1) is 9.02. The molecule has 2 aromatic rings. The van der Waals surface area contributed by atoms with Crippen LogP contribution in [0.2, 0.25) is 0 Å². The van der Waals surface area contributed by atoms with Gasteiger partial charge in [-0.05, 0) is 62.0 Å². The number of thiophene rings is 1. The van der Waals surface area contributed by atoms with Crippen LogP contribution in [0.15, 0.2) is 38.6 Å². The van der Waals surface area contributed by atoms with Crippen molar-refractivity contribution >= 4 is 43.2 Å². The minimum absolute atomic E-state index is 0.244. The van der Waals surface area contributed by atoms with E-state index in [-0.39, 0.29) is 6.04 Å². The molecule has 0 aliphatic heterocycles. The molecule has 1 heterocycles. The van der Waals surface area contributed by atoms with Gasteiger partial charge >= 0.3 is 0 Å². The van der Waals surface area contributed by atoms with Gasteiger partial charge in [0, 0.05) is 9.35 Å². The van der Waals surface area contributed by atoms with E-state index in [1.807, 2.05) is 7.05 Å². The molecule has 1 N–H and O–H groups in total. The third-order valence-electron chi connectivity index (χ3n) is 3.17. The molecule has 0 radical (unpaired) electrons. The fourth-order valence-electron chi connectivity index (χ4n) is 2.05. The van der Waals surface area contributed by atoms with Gasteiger partial charge in [-0.3, -0.25) is 0 Å². The molecule has 1 atom stereocenters. The maximum atomic E-state index is 3.56. The van der Waals surface area contributed by atoms with Crippen molar-refractivity contribution in [2.75, 3.05) is 7.05 Å². The van der Waals surface area contributed by atoms with Crippen molar-refractivity contribution in [3.63, 3.8) is 0 Å². The van der Waals surface area contributed by atoms with Crippen LogP contribution in [0.25, 0.3) is 0 Å². The largest absolute Gasteiger partial charge is 0.309 e. The van der Waals surface area contributed by atoms with Crippen LogP contribution in [0, 0.1) is 0 Å². The van der Waals surface area contributed by atoms with Gasteiger partial charge in [0.05, 0.1) is 9.83 Å². The zero-order valence-electron chi connectivity index (χ0n) is 11.2. The van der Waals surface area contributed by atoms with Crippen LogP contribution in [0.1, 0.15) is 41.8 Å². The summed E-state index contributed by atoms with van der Waals surface area (Å²) < 4.78 is 2.26. The molecule has 0 amide bonds. The molecular formula is C15H17Br2NS. The van der Waals surface area contributed by atoms with Gasteiger partial charge in [0.1, 0.15) is 0 Å². The highest BCUT2D eigenvalue weighted by Gasteiger charge is 2.16. The van der Waals surface area contributed by atoms with Crippen molar-refractivity contribution in [1.82, 2.24) is 5.32 Å². The van der Waals surface area contributed by atoms with E-state index in [2.05, 4.69) is 81.4 Å². The third kappa shape index (κ3) is 3.48. The second-order valence-corrected chi connectivity index (χ2v) is 8.07. The van der Waals surface area contributed by atoms with Crippen LogP contribution in [0.5, 0.6) is 0 Å². The van der Waals surface area contributed by atoms with Crippen LogP contribution in [0.3, 0.4) is 0 Å². The Balaban J connectivity index is 2.31. The first-order valence-electron chi connectivity index (χ1n) is 6.24. The van der Waals surface area contributed by atoms with Gasteiger partial charge in [0.15, 0.2) is 0 Å². The number of halogens is 2. The van der Waals surface area contributed by atoms with Crippen molar-refractivity contribution in [1.29, 1.82) is 0 Å². The lowest BCUT2D eigenvalue weighted by Gasteiger charge is -2.16. The molecule has 0 aliphatic carbocycles. The Morgan fingerprint density at radius 3 is 2.05 bits per heavy atom. The molecule has 1 nitrogen and oxygen atoms in total. The minimum atomic E-state index is 0.244. The molecule has 0 aliphatic rings. The Morgan fingerprint density at radius 1 is 1.05 bits per heavy atom. The van der Waals surface area contributed by atoms with Crippen LogP contribution in [-0.2, 0) is 0 Å². The minimum Gasteiger partial charge on any atom is -0.309 e. The van der Waals surface area contributed by atoms with Gasteiger partial charge < -0.3 is 5.32 Å². The third-order valence-corrected chi connectivity index (χ3v) is 6.49. The molecule has 1 unspecified atom stereocenters. The number of benzene rings is 1. The SMILES string of the molecule is CNC(c1ccc(C(C)C)cc1)c1cc(Br)c(Br)s1. The number of hydrogen-bond acceptors (Lipinski definition) is 2. The number of hydrogen-bond donors (Lipinski definition) is 1. The van der Waals surface area contributed by atoms with Crippen LogP contribution >= 0.6 is 43.2 Å². The average molecular weight is 403 g/mol. The number of nitrogens with one attached hydrogen (secondary N) is 1. The quantitative estimate of drug-likeness (QED) is 0.690. The summed E-state index contributed by atoms with van der Waals surface area (Å²) in [6.07, 6.45) is 0. The summed E-state index contributed by atoms with van der Waals surface area (Å²) in [5.74, 6) is 0.576. The van der Waals surface area contributed by atoms with Crippen molar-refractivity contribution in [2.24, 2.45) is 0 Å². The Kier molecular flexibility index (Phi) is 5.23. The smallest absolute Gasteiger partial charge is 0.0843 e. The Hall–Kier alpha value is -0.160. The lowest BCUT2D eigenvalue weighted by atomic mass is 9.98. The van der Waals surface area contributed by atoms with Gasteiger partial charge in [0.25, 0.3) is 0 Å². The van der Waals surface area contributed by atoms with Crippen molar-refractivity contribution in [2.45, 2.75) is 25.8 Å². The zero-order chi connectivity index (χ0) is 14.0.